The highest BCUT2D eigenvalue weighted by molar-refractivity contribution is 7.63. The molecular formula is C45H54BN2O4P. The van der Waals surface area contributed by atoms with Crippen molar-refractivity contribution in [2.24, 2.45) is 5.41 Å². The second kappa shape index (κ2) is 14.8. The number of anilines is 2. The lowest BCUT2D eigenvalue weighted by atomic mass is 9.58. The highest BCUT2D eigenvalue weighted by atomic mass is 31.1. The third-order valence-corrected chi connectivity index (χ3v) is 16.8. The van der Waals surface area contributed by atoms with E-state index in [2.05, 4.69) is 96.9 Å². The number of nitrogens with zero attached hydrogens (tertiary/aromatic N) is 2. The number of carbonyl (C=O) groups excluding carboxylic acids is 2. The van der Waals surface area contributed by atoms with Crippen LogP contribution in [0.5, 0.6) is 0 Å². The normalized spacial score (nSPS) is 18.8. The van der Waals surface area contributed by atoms with E-state index < -0.39 is 25.4 Å². The van der Waals surface area contributed by atoms with Crippen LogP contribution in [-0.2, 0) is 38.4 Å². The Morgan fingerprint density at radius 2 is 1.25 bits per heavy atom. The predicted octanol–water partition coefficient (Wildman–Crippen LogP) is 9.48. The zero-order chi connectivity index (χ0) is 36.9. The van der Waals surface area contributed by atoms with Gasteiger partial charge in [0.1, 0.15) is 0 Å². The number of rotatable bonds is 8. The van der Waals surface area contributed by atoms with Crippen molar-refractivity contribution in [2.75, 3.05) is 23.6 Å². The van der Waals surface area contributed by atoms with Gasteiger partial charge in [0.15, 0.2) is 5.41 Å². The van der Waals surface area contributed by atoms with Crippen molar-refractivity contribution in [3.8, 4) is 0 Å². The first-order valence-electron chi connectivity index (χ1n) is 20.0. The summed E-state index contributed by atoms with van der Waals surface area (Å²) < 4.78 is 13.7. The minimum atomic E-state index is -1.38. The molecule has 0 bridgehead atoms. The van der Waals surface area contributed by atoms with Gasteiger partial charge in [-0.3, -0.25) is 9.59 Å². The maximum Gasteiger partial charge on any atom is 0.415 e. The number of esters is 2. The zero-order valence-electron chi connectivity index (χ0n) is 32.2. The van der Waals surface area contributed by atoms with Crippen molar-refractivity contribution >= 4 is 54.6 Å². The zero-order valence-corrected chi connectivity index (χ0v) is 33.1. The van der Waals surface area contributed by atoms with Crippen LogP contribution in [0, 0.1) is 26.2 Å². The number of carbonyl (C=O) groups is 2. The third-order valence-electron chi connectivity index (χ3n) is 13.3. The molecule has 0 saturated heterocycles. The average Bonchev–Trinajstić information content (AvgIpc) is 3.63. The van der Waals surface area contributed by atoms with Crippen LogP contribution in [0.1, 0.15) is 97.6 Å². The number of hydrogen-bond acceptors (Lipinski definition) is 6. The summed E-state index contributed by atoms with van der Waals surface area (Å²) >= 11 is 0. The lowest BCUT2D eigenvalue weighted by molar-refractivity contribution is -0.168. The predicted molar refractivity (Wildman–Crippen MR) is 220 cm³/mol. The minimum Gasteiger partial charge on any atom is -0.468 e. The monoisotopic (exact) mass is 728 g/mol. The van der Waals surface area contributed by atoms with Crippen LogP contribution in [0.3, 0.4) is 0 Å². The summed E-state index contributed by atoms with van der Waals surface area (Å²) in [6.45, 7) is 7.47. The molecule has 276 valence electrons. The molecule has 0 amide bonds. The number of fused-ring (bicyclic) bond motifs is 1. The van der Waals surface area contributed by atoms with Crippen LogP contribution in [0.25, 0.3) is 10.8 Å². The lowest BCUT2D eigenvalue weighted by Gasteiger charge is -2.53. The fourth-order valence-corrected chi connectivity index (χ4v) is 14.6. The largest absolute Gasteiger partial charge is 0.468 e. The average molecular weight is 729 g/mol. The van der Waals surface area contributed by atoms with E-state index in [4.69, 9.17) is 9.47 Å². The molecule has 53 heavy (non-hydrogen) atoms. The standard InChI is InChI=1S/C45H54BN2O4P/c1-30-31(2)42(32(3)38-28-45(27-37(30)38,43(49)51-4)44(50)52-5)46-47(29-33-17-9-6-10-18-33)39-25-15-19-34-20-16-26-40(41(34)39)48(46)53(35-21-11-7-12-22-35)36-23-13-8-14-24-36/h6,9-10,15-20,25-26,35-36H,7-8,11-14,21-24,27-29H2,1-5H3. The number of methoxy groups -OCH3 is 2. The van der Waals surface area contributed by atoms with Gasteiger partial charge >= 0.3 is 18.9 Å². The van der Waals surface area contributed by atoms with Gasteiger partial charge in [-0.15, -0.1) is 0 Å². The van der Waals surface area contributed by atoms with Crippen molar-refractivity contribution in [1.82, 2.24) is 0 Å². The molecule has 0 radical (unpaired) electrons. The SMILES string of the molecule is COC(=O)C1(C(=O)OC)Cc2c(C)c(C)c(B3N(Cc4ccccc4)c4cccc5cccc(c45)N3P(C3CCCCC3)C3CCCCC3)c(C)c2C1. The second-order valence-electron chi connectivity index (χ2n) is 16.1. The number of benzene rings is 4. The molecule has 0 aromatic heterocycles. The van der Waals surface area contributed by atoms with E-state index in [0.717, 1.165) is 17.7 Å². The molecule has 0 unspecified atom stereocenters. The summed E-state index contributed by atoms with van der Waals surface area (Å²) in [5.41, 5.74) is 11.1. The van der Waals surface area contributed by atoms with Crippen molar-refractivity contribution in [3.05, 3.63) is 100 Å². The van der Waals surface area contributed by atoms with E-state index in [-0.39, 0.29) is 6.98 Å². The highest BCUT2D eigenvalue weighted by Gasteiger charge is 2.55. The molecule has 1 heterocycles. The summed E-state index contributed by atoms with van der Waals surface area (Å²) in [5.74, 6) is -1.02. The Bertz CT molecular complexity index is 1980. The van der Waals surface area contributed by atoms with Crippen LogP contribution < -0.4 is 14.9 Å². The summed E-state index contributed by atoms with van der Waals surface area (Å²) in [6.07, 6.45) is 13.8. The molecule has 0 spiro atoms. The van der Waals surface area contributed by atoms with Gasteiger partial charge in [-0.05, 0) is 122 Å². The van der Waals surface area contributed by atoms with Crippen LogP contribution in [0.15, 0.2) is 66.7 Å². The van der Waals surface area contributed by atoms with Gasteiger partial charge in [-0.2, -0.15) is 0 Å². The molecule has 2 saturated carbocycles. The topological polar surface area (TPSA) is 59.1 Å². The highest BCUT2D eigenvalue weighted by Crippen LogP contribution is 2.62. The van der Waals surface area contributed by atoms with Crippen molar-refractivity contribution < 1.29 is 19.1 Å². The maximum atomic E-state index is 13.6. The molecule has 4 aromatic rings. The van der Waals surface area contributed by atoms with Gasteiger partial charge in [0.25, 0.3) is 0 Å². The van der Waals surface area contributed by atoms with E-state index >= 15 is 0 Å². The number of ether oxygens (including phenoxy) is 2. The van der Waals surface area contributed by atoms with E-state index in [0.29, 0.717) is 24.2 Å². The Morgan fingerprint density at radius 3 is 1.81 bits per heavy atom. The Labute approximate surface area is 317 Å². The smallest absolute Gasteiger partial charge is 0.415 e. The molecule has 2 fully saturated rings. The lowest BCUT2D eigenvalue weighted by Crippen LogP contribution is -2.63. The maximum absolute atomic E-state index is 13.6. The van der Waals surface area contributed by atoms with Crippen molar-refractivity contribution in [3.63, 3.8) is 0 Å². The molecule has 3 aliphatic carbocycles. The fourth-order valence-electron chi connectivity index (χ4n) is 10.6. The van der Waals surface area contributed by atoms with E-state index in [9.17, 15) is 9.59 Å². The fraction of sp³-hybridized carbons (Fsp3) is 0.467. The molecule has 0 atom stereocenters. The molecule has 0 N–H and O–H groups in total. The molecule has 4 aromatic carbocycles. The van der Waals surface area contributed by atoms with Gasteiger partial charge < -0.3 is 18.9 Å². The molecule has 8 rings (SSSR count). The molecule has 6 nitrogen and oxygen atoms in total. The summed E-state index contributed by atoms with van der Waals surface area (Å²) in [6, 6.07) is 24.8. The molecule has 4 aliphatic rings. The summed E-state index contributed by atoms with van der Waals surface area (Å²) in [4.78, 5) is 29.8. The third kappa shape index (κ3) is 6.06. The van der Waals surface area contributed by atoms with Crippen LogP contribution in [0.4, 0.5) is 11.4 Å². The number of hydrogen-bond donors (Lipinski definition) is 0. The Hall–Kier alpha value is -3.83. The first-order valence-corrected chi connectivity index (χ1v) is 21.4. The molecule has 8 heteroatoms. The van der Waals surface area contributed by atoms with E-state index in [1.54, 1.807) is 0 Å². The molecular weight excluding hydrogens is 674 g/mol. The Morgan fingerprint density at radius 1 is 0.698 bits per heavy atom. The van der Waals surface area contributed by atoms with E-state index in [1.807, 2.05) is 0 Å². The van der Waals surface area contributed by atoms with Gasteiger partial charge in [0.2, 0.25) is 0 Å². The summed E-state index contributed by atoms with van der Waals surface area (Å²) in [5, 5.41) is 2.66. The Kier molecular flexibility index (Phi) is 10.1. The quantitative estimate of drug-likeness (QED) is 0.0780. The van der Waals surface area contributed by atoms with Gasteiger partial charge in [-0.25, -0.2) is 0 Å². The van der Waals surface area contributed by atoms with Crippen LogP contribution in [-0.4, -0.2) is 44.5 Å². The summed E-state index contributed by atoms with van der Waals surface area (Å²) in [7, 11) is 2.19. The van der Waals surface area contributed by atoms with Gasteiger partial charge in [0.05, 0.1) is 14.2 Å². The van der Waals surface area contributed by atoms with Crippen LogP contribution >= 0.6 is 8.07 Å². The van der Waals surface area contributed by atoms with Crippen molar-refractivity contribution in [2.45, 2.75) is 116 Å². The minimum absolute atomic E-state index is 0.0547. The van der Waals surface area contributed by atoms with E-state index in [1.165, 1.54) is 128 Å². The second-order valence-corrected chi connectivity index (χ2v) is 18.8. The Balaban J connectivity index is 1.41. The van der Waals surface area contributed by atoms with Crippen molar-refractivity contribution in [1.29, 1.82) is 0 Å². The molecule has 1 aliphatic heterocycles. The first-order chi connectivity index (χ1) is 25.8. The van der Waals surface area contributed by atoms with Crippen LogP contribution in [0.2, 0.25) is 0 Å². The van der Waals surface area contributed by atoms with Gasteiger partial charge in [-0.1, -0.05) is 93.1 Å². The van der Waals surface area contributed by atoms with Gasteiger partial charge in [0, 0.05) is 36.1 Å². The first kappa shape index (κ1) is 36.2.